The molecule has 0 fully saturated rings. The second-order valence-corrected chi connectivity index (χ2v) is 6.03. The van der Waals surface area contributed by atoms with Gasteiger partial charge in [0.25, 0.3) is 0 Å². The maximum Gasteiger partial charge on any atom is 0.0755 e. The number of hydrogen-bond donors (Lipinski definition) is 1. The minimum absolute atomic E-state index is 0.507. The van der Waals surface area contributed by atoms with E-state index >= 15 is 0 Å². The molecule has 1 heterocycles. The van der Waals surface area contributed by atoms with Crippen LogP contribution in [-0.4, -0.2) is 25.6 Å². The Morgan fingerprint density at radius 1 is 1.20 bits per heavy atom. The first kappa shape index (κ1) is 14.8. The van der Waals surface area contributed by atoms with Gasteiger partial charge in [-0.2, -0.15) is 0 Å². The molecule has 2 aromatic rings. The van der Waals surface area contributed by atoms with Gasteiger partial charge >= 0.3 is 0 Å². The average Bonchev–Trinajstić information content (AvgIpc) is 2.38. The van der Waals surface area contributed by atoms with Gasteiger partial charge in [-0.3, -0.25) is 4.98 Å². The number of anilines is 1. The molecule has 3 nitrogen and oxygen atoms in total. The maximum atomic E-state index is 5.75. The van der Waals surface area contributed by atoms with Gasteiger partial charge in [-0.1, -0.05) is 13.0 Å². The molecule has 1 unspecified atom stereocenters. The molecule has 108 valence electrons. The number of rotatable bonds is 4. The summed E-state index contributed by atoms with van der Waals surface area (Å²) >= 11 is 0. The Labute approximate surface area is 121 Å². The zero-order valence-electron chi connectivity index (χ0n) is 13.2. The highest BCUT2D eigenvalue weighted by Crippen LogP contribution is 2.29. The first-order chi connectivity index (χ1) is 9.42. The number of aromatic nitrogens is 1. The van der Waals surface area contributed by atoms with Gasteiger partial charge in [0, 0.05) is 30.9 Å². The van der Waals surface area contributed by atoms with Gasteiger partial charge in [0.2, 0.25) is 0 Å². The summed E-state index contributed by atoms with van der Waals surface area (Å²) in [6, 6.07) is 6.68. The normalized spacial score (nSPS) is 12.7. The molecule has 0 saturated carbocycles. The molecule has 2 rings (SSSR count). The molecule has 20 heavy (non-hydrogen) atoms. The van der Waals surface area contributed by atoms with Crippen LogP contribution < -0.4 is 10.6 Å². The fourth-order valence-corrected chi connectivity index (χ4v) is 2.66. The smallest absolute Gasteiger partial charge is 0.0755 e. The molecule has 1 aromatic carbocycles. The summed E-state index contributed by atoms with van der Waals surface area (Å²) in [4.78, 5) is 6.87. The van der Waals surface area contributed by atoms with Crippen LogP contribution in [0.15, 0.2) is 18.2 Å². The van der Waals surface area contributed by atoms with Crippen LogP contribution in [0, 0.1) is 19.8 Å². The average molecular weight is 271 g/mol. The van der Waals surface area contributed by atoms with E-state index in [2.05, 4.69) is 58.0 Å². The van der Waals surface area contributed by atoms with Crippen molar-refractivity contribution in [3.63, 3.8) is 0 Å². The third kappa shape index (κ3) is 2.93. The van der Waals surface area contributed by atoms with E-state index in [1.807, 2.05) is 0 Å². The highest BCUT2D eigenvalue weighted by molar-refractivity contribution is 5.94. The predicted octanol–water partition coefficient (Wildman–Crippen LogP) is 3.05. The fraction of sp³-hybridized carbons (Fsp3) is 0.471. The molecular weight excluding hydrogens is 246 g/mol. The zero-order valence-corrected chi connectivity index (χ0v) is 13.2. The highest BCUT2D eigenvalue weighted by Gasteiger charge is 2.11. The van der Waals surface area contributed by atoms with Crippen molar-refractivity contribution in [1.29, 1.82) is 0 Å². The van der Waals surface area contributed by atoms with Gasteiger partial charge in [-0.25, -0.2) is 0 Å². The van der Waals surface area contributed by atoms with E-state index in [1.54, 1.807) is 0 Å². The maximum absolute atomic E-state index is 5.75. The number of nitrogens with two attached hydrogens (primary N) is 1. The van der Waals surface area contributed by atoms with Crippen molar-refractivity contribution in [2.45, 2.75) is 27.2 Å². The minimum atomic E-state index is 0.507. The van der Waals surface area contributed by atoms with Crippen LogP contribution in [-0.2, 0) is 6.42 Å². The lowest BCUT2D eigenvalue weighted by Crippen LogP contribution is -2.14. The Balaban J connectivity index is 2.62. The number of nitrogens with zero attached hydrogens (tertiary/aromatic N) is 2. The first-order valence-electron chi connectivity index (χ1n) is 7.20. The summed E-state index contributed by atoms with van der Waals surface area (Å²) in [6.45, 7) is 7.12. The number of hydrogen-bond acceptors (Lipinski definition) is 3. The van der Waals surface area contributed by atoms with Crippen molar-refractivity contribution in [1.82, 2.24) is 4.98 Å². The molecule has 0 aliphatic heterocycles. The lowest BCUT2D eigenvalue weighted by molar-refractivity contribution is 0.593. The van der Waals surface area contributed by atoms with Crippen molar-refractivity contribution < 1.29 is 0 Å². The van der Waals surface area contributed by atoms with Crippen molar-refractivity contribution in [3.8, 4) is 0 Å². The largest absolute Gasteiger partial charge is 0.377 e. The molecule has 1 aromatic heterocycles. The van der Waals surface area contributed by atoms with E-state index in [4.69, 9.17) is 10.7 Å². The Hall–Kier alpha value is -1.61. The summed E-state index contributed by atoms with van der Waals surface area (Å²) in [5.74, 6) is 0.507. The zero-order chi connectivity index (χ0) is 14.9. The van der Waals surface area contributed by atoms with Crippen LogP contribution in [0.3, 0.4) is 0 Å². The molecule has 0 spiro atoms. The summed E-state index contributed by atoms with van der Waals surface area (Å²) in [7, 11) is 4.16. The fourth-order valence-electron chi connectivity index (χ4n) is 2.66. The van der Waals surface area contributed by atoms with Crippen LogP contribution in [0.1, 0.15) is 23.7 Å². The molecule has 2 N–H and O–H groups in total. The van der Waals surface area contributed by atoms with E-state index in [1.165, 1.54) is 22.2 Å². The van der Waals surface area contributed by atoms with Gasteiger partial charge in [0.1, 0.15) is 0 Å². The summed E-state index contributed by atoms with van der Waals surface area (Å²) in [5, 5.41) is 1.24. The Bertz CT molecular complexity index is 617. The third-order valence-electron chi connectivity index (χ3n) is 3.74. The first-order valence-corrected chi connectivity index (χ1v) is 7.20. The van der Waals surface area contributed by atoms with E-state index in [-0.39, 0.29) is 0 Å². The van der Waals surface area contributed by atoms with E-state index in [0.717, 1.165) is 24.2 Å². The lowest BCUT2D eigenvalue weighted by Gasteiger charge is -2.18. The molecular formula is C17H25N3. The number of aryl methyl sites for hydroxylation is 2. The standard InChI is InChI=1S/C17H25N3/c1-11(10-18)6-14-7-12(2)17-15(9-14)16(20(4)5)8-13(3)19-17/h7-9,11H,6,10,18H2,1-5H3. The van der Waals surface area contributed by atoms with Crippen molar-refractivity contribution in [3.05, 3.63) is 35.0 Å². The summed E-state index contributed by atoms with van der Waals surface area (Å²) in [5.41, 5.74) is 11.7. The van der Waals surface area contributed by atoms with E-state index < -0.39 is 0 Å². The highest BCUT2D eigenvalue weighted by atomic mass is 15.1. The van der Waals surface area contributed by atoms with Crippen LogP contribution in [0.5, 0.6) is 0 Å². The van der Waals surface area contributed by atoms with Gasteiger partial charge < -0.3 is 10.6 Å². The monoisotopic (exact) mass is 271 g/mol. The Morgan fingerprint density at radius 3 is 2.50 bits per heavy atom. The SMILES string of the molecule is Cc1cc(N(C)C)c2cc(CC(C)CN)cc(C)c2n1. The van der Waals surface area contributed by atoms with Crippen molar-refractivity contribution in [2.24, 2.45) is 11.7 Å². The summed E-state index contributed by atoms with van der Waals surface area (Å²) in [6.07, 6.45) is 1.02. The molecule has 0 aliphatic carbocycles. The van der Waals surface area contributed by atoms with Crippen LogP contribution >= 0.6 is 0 Å². The molecule has 0 bridgehead atoms. The minimum Gasteiger partial charge on any atom is -0.377 e. The van der Waals surface area contributed by atoms with E-state index in [0.29, 0.717) is 5.92 Å². The number of benzene rings is 1. The van der Waals surface area contributed by atoms with Crippen molar-refractivity contribution in [2.75, 3.05) is 25.5 Å². The second-order valence-electron chi connectivity index (χ2n) is 6.03. The van der Waals surface area contributed by atoms with Gasteiger partial charge in [0.05, 0.1) is 5.52 Å². The number of fused-ring (bicyclic) bond motifs is 1. The van der Waals surface area contributed by atoms with Crippen LogP contribution in [0.2, 0.25) is 0 Å². The van der Waals surface area contributed by atoms with Crippen molar-refractivity contribution >= 4 is 16.6 Å². The van der Waals surface area contributed by atoms with Crippen LogP contribution in [0.25, 0.3) is 10.9 Å². The molecule has 0 radical (unpaired) electrons. The van der Waals surface area contributed by atoms with Gasteiger partial charge in [-0.15, -0.1) is 0 Å². The molecule has 1 atom stereocenters. The summed E-state index contributed by atoms with van der Waals surface area (Å²) < 4.78 is 0. The van der Waals surface area contributed by atoms with E-state index in [9.17, 15) is 0 Å². The Morgan fingerprint density at radius 2 is 1.90 bits per heavy atom. The van der Waals surface area contributed by atoms with Crippen LogP contribution in [0.4, 0.5) is 5.69 Å². The molecule has 0 aliphatic rings. The Kier molecular flexibility index (Phi) is 4.29. The third-order valence-corrected chi connectivity index (χ3v) is 3.74. The lowest BCUT2D eigenvalue weighted by atomic mass is 9.96. The van der Waals surface area contributed by atoms with Gasteiger partial charge in [0.15, 0.2) is 0 Å². The quantitative estimate of drug-likeness (QED) is 0.929. The molecule has 3 heteroatoms. The predicted molar refractivity (Wildman–Crippen MR) is 87.5 cm³/mol. The molecule has 0 amide bonds. The van der Waals surface area contributed by atoms with Gasteiger partial charge in [-0.05, 0) is 56.0 Å². The topological polar surface area (TPSA) is 42.1 Å². The molecule has 0 saturated heterocycles. The number of pyridine rings is 1. The second kappa shape index (κ2) is 5.80.